The molecule has 0 fully saturated rings. The van der Waals surface area contributed by atoms with E-state index >= 15 is 0 Å². The first kappa shape index (κ1) is 14.3. The fourth-order valence-electron chi connectivity index (χ4n) is 2.80. The molecule has 0 amide bonds. The third kappa shape index (κ3) is 3.08. The highest BCUT2D eigenvalue weighted by Gasteiger charge is 2.18. The topological polar surface area (TPSA) is 34.0 Å². The van der Waals surface area contributed by atoms with Gasteiger partial charge in [-0.1, -0.05) is 13.8 Å². The summed E-state index contributed by atoms with van der Waals surface area (Å²) in [4.78, 5) is 12.5. The lowest BCUT2D eigenvalue weighted by Gasteiger charge is -2.16. The van der Waals surface area contributed by atoms with Crippen LogP contribution in [0.25, 0.3) is 0 Å². The maximum atomic E-state index is 12.5. The minimum absolute atomic E-state index is 0.221. The van der Waals surface area contributed by atoms with Gasteiger partial charge in [0.15, 0.2) is 0 Å². The number of nitrogens with one attached hydrogen (secondary N) is 1. The number of nitrogens with zero attached hydrogens (tertiary/aromatic N) is 1. The summed E-state index contributed by atoms with van der Waals surface area (Å²) in [6, 6.07) is 2.61. The number of rotatable bonds is 6. The summed E-state index contributed by atoms with van der Waals surface area (Å²) in [5.74, 6) is 0. The van der Waals surface area contributed by atoms with Crippen LogP contribution < -0.4 is 10.9 Å². The van der Waals surface area contributed by atoms with Crippen molar-refractivity contribution in [3.8, 4) is 0 Å². The lowest BCUT2D eigenvalue weighted by atomic mass is 10.1. The maximum Gasteiger partial charge on any atom is 0.255 e. The summed E-state index contributed by atoms with van der Waals surface area (Å²) in [6.45, 7) is 8.02. The first-order valence-electron chi connectivity index (χ1n) is 7.65. The first-order valence-corrected chi connectivity index (χ1v) is 7.65. The van der Waals surface area contributed by atoms with Gasteiger partial charge < -0.3 is 9.88 Å². The van der Waals surface area contributed by atoms with E-state index in [1.165, 1.54) is 17.7 Å². The minimum atomic E-state index is 0.221. The zero-order valence-corrected chi connectivity index (χ0v) is 12.5. The van der Waals surface area contributed by atoms with E-state index in [-0.39, 0.29) is 5.56 Å². The molecule has 1 aliphatic carbocycles. The summed E-state index contributed by atoms with van der Waals surface area (Å²) in [5, 5.41) is 3.44. The molecule has 1 atom stereocenters. The number of hydrogen-bond donors (Lipinski definition) is 1. The Morgan fingerprint density at radius 2 is 2.16 bits per heavy atom. The molecule has 1 aromatic heterocycles. The van der Waals surface area contributed by atoms with E-state index in [1.807, 2.05) is 4.57 Å². The minimum Gasteiger partial charge on any atom is -0.312 e. The van der Waals surface area contributed by atoms with Crippen LogP contribution in [0.2, 0.25) is 0 Å². The van der Waals surface area contributed by atoms with Gasteiger partial charge in [0.05, 0.1) is 0 Å². The number of aryl methyl sites for hydroxylation is 1. The second-order valence-electron chi connectivity index (χ2n) is 5.64. The maximum absolute atomic E-state index is 12.5. The highest BCUT2D eigenvalue weighted by molar-refractivity contribution is 5.30. The monoisotopic (exact) mass is 262 g/mol. The van der Waals surface area contributed by atoms with Gasteiger partial charge in [0.2, 0.25) is 0 Å². The van der Waals surface area contributed by atoms with Gasteiger partial charge in [-0.2, -0.15) is 0 Å². The van der Waals surface area contributed by atoms with Crippen LogP contribution in [0.4, 0.5) is 0 Å². The van der Waals surface area contributed by atoms with E-state index < -0.39 is 0 Å². The zero-order chi connectivity index (χ0) is 13.8. The van der Waals surface area contributed by atoms with Crippen LogP contribution >= 0.6 is 0 Å². The molecule has 0 saturated heterocycles. The molecule has 0 saturated carbocycles. The van der Waals surface area contributed by atoms with Gasteiger partial charge >= 0.3 is 0 Å². The quantitative estimate of drug-likeness (QED) is 0.855. The van der Waals surface area contributed by atoms with Crippen LogP contribution in [0.5, 0.6) is 0 Å². The van der Waals surface area contributed by atoms with Crippen LogP contribution in [-0.2, 0) is 25.9 Å². The van der Waals surface area contributed by atoms with Gasteiger partial charge in [-0.25, -0.2) is 0 Å². The molecule has 19 heavy (non-hydrogen) atoms. The SMILES string of the molecule is CCCn1c2c(cc(CNC(C)CC)c1=O)CCC2. The second kappa shape index (κ2) is 6.38. The zero-order valence-electron chi connectivity index (χ0n) is 12.5. The van der Waals surface area contributed by atoms with Crippen LogP contribution in [-0.4, -0.2) is 10.6 Å². The Balaban J connectivity index is 2.29. The number of fused-ring (bicyclic) bond motifs is 1. The number of pyridine rings is 1. The molecule has 3 heteroatoms. The van der Waals surface area contributed by atoms with Gasteiger partial charge in [0.1, 0.15) is 0 Å². The summed E-state index contributed by atoms with van der Waals surface area (Å²) in [7, 11) is 0. The molecule has 1 aliphatic rings. The standard InChI is InChI=1S/C16H26N2O/c1-4-9-18-15-8-6-7-13(15)10-14(16(18)19)11-17-12(3)5-2/h10,12,17H,4-9,11H2,1-3H3. The molecule has 106 valence electrons. The summed E-state index contributed by atoms with van der Waals surface area (Å²) < 4.78 is 2.02. The van der Waals surface area contributed by atoms with E-state index in [4.69, 9.17) is 0 Å². The van der Waals surface area contributed by atoms with Crippen molar-refractivity contribution in [1.29, 1.82) is 0 Å². The van der Waals surface area contributed by atoms with Crippen molar-refractivity contribution in [3.05, 3.63) is 33.2 Å². The van der Waals surface area contributed by atoms with Crippen LogP contribution in [0.15, 0.2) is 10.9 Å². The molecule has 1 aromatic rings. The average Bonchev–Trinajstić information content (AvgIpc) is 2.87. The van der Waals surface area contributed by atoms with Crippen molar-refractivity contribution in [3.63, 3.8) is 0 Å². The molecule has 1 unspecified atom stereocenters. The van der Waals surface area contributed by atoms with Gasteiger partial charge in [-0.15, -0.1) is 0 Å². The predicted molar refractivity (Wildman–Crippen MR) is 79.6 cm³/mol. The lowest BCUT2D eigenvalue weighted by molar-refractivity contribution is 0.526. The third-order valence-electron chi connectivity index (χ3n) is 4.13. The van der Waals surface area contributed by atoms with Gasteiger partial charge in [-0.3, -0.25) is 4.79 Å². The Labute approximate surface area is 116 Å². The molecule has 0 spiro atoms. The molecular formula is C16H26N2O. The normalized spacial score (nSPS) is 15.5. The molecule has 1 N–H and O–H groups in total. The van der Waals surface area contributed by atoms with E-state index in [2.05, 4.69) is 32.2 Å². The Hall–Kier alpha value is -1.09. The Morgan fingerprint density at radius 1 is 1.37 bits per heavy atom. The summed E-state index contributed by atoms with van der Waals surface area (Å²) in [5.41, 5.74) is 3.85. The molecule has 0 aliphatic heterocycles. The van der Waals surface area contributed by atoms with Crippen molar-refractivity contribution >= 4 is 0 Å². The smallest absolute Gasteiger partial charge is 0.255 e. The highest BCUT2D eigenvalue weighted by Crippen LogP contribution is 2.21. The molecule has 0 bridgehead atoms. The van der Waals surface area contributed by atoms with Crippen LogP contribution in [0.3, 0.4) is 0 Å². The first-order chi connectivity index (χ1) is 9.17. The molecule has 3 nitrogen and oxygen atoms in total. The van der Waals surface area contributed by atoms with Crippen molar-refractivity contribution in [1.82, 2.24) is 9.88 Å². The van der Waals surface area contributed by atoms with Crippen molar-refractivity contribution in [2.45, 2.75) is 72.0 Å². The lowest BCUT2D eigenvalue weighted by Crippen LogP contribution is -2.32. The van der Waals surface area contributed by atoms with Gasteiger partial charge in [0.25, 0.3) is 5.56 Å². The second-order valence-corrected chi connectivity index (χ2v) is 5.64. The van der Waals surface area contributed by atoms with Crippen molar-refractivity contribution in [2.75, 3.05) is 0 Å². The predicted octanol–water partition coefficient (Wildman–Crippen LogP) is 2.64. The molecule has 0 aromatic carbocycles. The fourth-order valence-corrected chi connectivity index (χ4v) is 2.80. The van der Waals surface area contributed by atoms with Gasteiger partial charge in [-0.05, 0) is 50.7 Å². The summed E-state index contributed by atoms with van der Waals surface area (Å²) in [6.07, 6.45) is 5.52. The van der Waals surface area contributed by atoms with Crippen LogP contribution in [0, 0.1) is 0 Å². The van der Waals surface area contributed by atoms with Gasteiger partial charge in [0, 0.05) is 30.4 Å². The number of hydrogen-bond acceptors (Lipinski definition) is 2. The number of aromatic nitrogens is 1. The van der Waals surface area contributed by atoms with Crippen molar-refractivity contribution < 1.29 is 0 Å². The molecule has 2 rings (SSSR count). The molecule has 0 radical (unpaired) electrons. The van der Waals surface area contributed by atoms with E-state index in [0.29, 0.717) is 12.6 Å². The Morgan fingerprint density at radius 3 is 2.84 bits per heavy atom. The Kier molecular flexibility index (Phi) is 4.81. The largest absolute Gasteiger partial charge is 0.312 e. The van der Waals surface area contributed by atoms with E-state index in [0.717, 1.165) is 37.8 Å². The molecular weight excluding hydrogens is 236 g/mol. The third-order valence-corrected chi connectivity index (χ3v) is 4.13. The van der Waals surface area contributed by atoms with Crippen molar-refractivity contribution in [2.24, 2.45) is 0 Å². The molecule has 1 heterocycles. The summed E-state index contributed by atoms with van der Waals surface area (Å²) >= 11 is 0. The van der Waals surface area contributed by atoms with Crippen LogP contribution in [0.1, 0.15) is 56.9 Å². The van der Waals surface area contributed by atoms with E-state index in [1.54, 1.807) is 0 Å². The highest BCUT2D eigenvalue weighted by atomic mass is 16.1. The Bertz CT molecular complexity index is 490. The fraction of sp³-hybridized carbons (Fsp3) is 0.688. The average molecular weight is 262 g/mol. The van der Waals surface area contributed by atoms with E-state index in [9.17, 15) is 4.79 Å².